The molecule has 7 heteroatoms. The Morgan fingerprint density at radius 3 is 2.64 bits per heavy atom. The number of nitrogens with one attached hydrogen (secondary N) is 1. The molecule has 114 valence electrons. The standard InChI is InChI=1S/C15H10Cl2FNO3/c16-10-4-5-12(17)13(7-10)19-14(20)8-22-15(21)9-2-1-3-11(18)6-9/h1-7H,8H2,(H,19,20). The summed E-state index contributed by atoms with van der Waals surface area (Å²) < 4.78 is 17.8. The Morgan fingerprint density at radius 1 is 1.14 bits per heavy atom. The molecule has 2 aromatic rings. The van der Waals surface area contributed by atoms with Crippen LogP contribution in [0.1, 0.15) is 10.4 Å². The number of esters is 1. The molecular weight excluding hydrogens is 332 g/mol. The molecule has 1 amide bonds. The fraction of sp³-hybridized carbons (Fsp3) is 0.0667. The van der Waals surface area contributed by atoms with Crippen LogP contribution in [0.15, 0.2) is 42.5 Å². The van der Waals surface area contributed by atoms with E-state index in [-0.39, 0.29) is 5.56 Å². The number of carbonyl (C=O) groups excluding carboxylic acids is 2. The maximum atomic E-state index is 13.0. The molecule has 1 N–H and O–H groups in total. The molecule has 0 bridgehead atoms. The van der Waals surface area contributed by atoms with Crippen molar-refractivity contribution < 1.29 is 18.7 Å². The van der Waals surface area contributed by atoms with Crippen LogP contribution in [0.3, 0.4) is 0 Å². The van der Waals surface area contributed by atoms with Crippen molar-refractivity contribution in [2.75, 3.05) is 11.9 Å². The molecule has 22 heavy (non-hydrogen) atoms. The molecule has 0 fully saturated rings. The largest absolute Gasteiger partial charge is 0.452 e. The van der Waals surface area contributed by atoms with Crippen LogP contribution in [0, 0.1) is 5.82 Å². The minimum atomic E-state index is -0.799. The fourth-order valence-electron chi connectivity index (χ4n) is 1.61. The van der Waals surface area contributed by atoms with Crippen LogP contribution in [0.5, 0.6) is 0 Å². The van der Waals surface area contributed by atoms with E-state index < -0.39 is 24.3 Å². The van der Waals surface area contributed by atoms with Gasteiger partial charge < -0.3 is 10.1 Å². The van der Waals surface area contributed by atoms with E-state index in [0.717, 1.165) is 6.07 Å². The first-order valence-electron chi connectivity index (χ1n) is 6.13. The van der Waals surface area contributed by atoms with Crippen LogP contribution in [0.2, 0.25) is 10.0 Å². The number of benzene rings is 2. The Morgan fingerprint density at radius 2 is 1.91 bits per heavy atom. The average molecular weight is 342 g/mol. The summed E-state index contributed by atoms with van der Waals surface area (Å²) in [7, 11) is 0. The molecule has 0 saturated heterocycles. The molecule has 0 aliphatic rings. The van der Waals surface area contributed by atoms with Gasteiger partial charge in [0.25, 0.3) is 5.91 Å². The molecule has 0 aliphatic carbocycles. The van der Waals surface area contributed by atoms with E-state index in [4.69, 9.17) is 27.9 Å². The molecule has 0 aliphatic heterocycles. The minimum Gasteiger partial charge on any atom is -0.452 e. The zero-order valence-corrected chi connectivity index (χ0v) is 12.6. The highest BCUT2D eigenvalue weighted by Gasteiger charge is 2.12. The van der Waals surface area contributed by atoms with Crippen molar-refractivity contribution in [3.05, 3.63) is 63.9 Å². The third-order valence-electron chi connectivity index (χ3n) is 2.60. The van der Waals surface area contributed by atoms with Crippen LogP contribution in [0.25, 0.3) is 0 Å². The van der Waals surface area contributed by atoms with Crippen molar-refractivity contribution >= 4 is 40.8 Å². The van der Waals surface area contributed by atoms with Gasteiger partial charge in [-0.05, 0) is 36.4 Å². The molecule has 2 aromatic carbocycles. The summed E-state index contributed by atoms with van der Waals surface area (Å²) in [6.07, 6.45) is 0. The second-order valence-corrected chi connectivity index (χ2v) is 5.10. The molecule has 4 nitrogen and oxygen atoms in total. The van der Waals surface area contributed by atoms with Gasteiger partial charge in [0.15, 0.2) is 6.61 Å². The van der Waals surface area contributed by atoms with Crippen LogP contribution >= 0.6 is 23.2 Å². The van der Waals surface area contributed by atoms with E-state index in [2.05, 4.69) is 5.32 Å². The van der Waals surface area contributed by atoms with Gasteiger partial charge in [-0.15, -0.1) is 0 Å². The van der Waals surface area contributed by atoms with Gasteiger partial charge in [0.1, 0.15) is 5.82 Å². The van der Waals surface area contributed by atoms with Gasteiger partial charge in [0.05, 0.1) is 16.3 Å². The van der Waals surface area contributed by atoms with Crippen molar-refractivity contribution in [3.63, 3.8) is 0 Å². The Labute approximate surface area is 135 Å². The Balaban J connectivity index is 1.93. The monoisotopic (exact) mass is 341 g/mol. The Hall–Kier alpha value is -2.11. The summed E-state index contributed by atoms with van der Waals surface area (Å²) in [5, 5.41) is 3.16. The highest BCUT2D eigenvalue weighted by molar-refractivity contribution is 6.35. The number of rotatable bonds is 4. The summed E-state index contributed by atoms with van der Waals surface area (Å²) >= 11 is 11.7. The van der Waals surface area contributed by atoms with Gasteiger partial charge in [-0.2, -0.15) is 0 Å². The van der Waals surface area contributed by atoms with Crippen molar-refractivity contribution in [1.82, 2.24) is 0 Å². The zero-order chi connectivity index (χ0) is 16.1. The molecule has 2 rings (SSSR count). The lowest BCUT2D eigenvalue weighted by molar-refractivity contribution is -0.119. The summed E-state index contributed by atoms with van der Waals surface area (Å²) in [4.78, 5) is 23.4. The second kappa shape index (κ2) is 7.24. The van der Waals surface area contributed by atoms with Gasteiger partial charge in [-0.25, -0.2) is 9.18 Å². The zero-order valence-electron chi connectivity index (χ0n) is 11.1. The lowest BCUT2D eigenvalue weighted by Crippen LogP contribution is -2.21. The molecule has 0 aromatic heterocycles. The predicted octanol–water partition coefficient (Wildman–Crippen LogP) is 3.93. The third-order valence-corrected chi connectivity index (χ3v) is 3.16. The lowest BCUT2D eigenvalue weighted by atomic mass is 10.2. The van der Waals surface area contributed by atoms with Gasteiger partial charge in [-0.1, -0.05) is 29.3 Å². The molecule has 0 radical (unpaired) electrons. The van der Waals surface area contributed by atoms with Gasteiger partial charge in [-0.3, -0.25) is 4.79 Å². The molecule has 0 heterocycles. The van der Waals surface area contributed by atoms with E-state index >= 15 is 0 Å². The first-order chi connectivity index (χ1) is 10.5. The lowest BCUT2D eigenvalue weighted by Gasteiger charge is -2.08. The number of ether oxygens (including phenoxy) is 1. The van der Waals surface area contributed by atoms with Crippen molar-refractivity contribution in [2.24, 2.45) is 0 Å². The molecule has 0 spiro atoms. The first kappa shape index (κ1) is 16.3. The SMILES string of the molecule is O=C(COC(=O)c1cccc(F)c1)Nc1cc(Cl)ccc1Cl. The number of halogens is 3. The number of anilines is 1. The molecule has 0 atom stereocenters. The maximum Gasteiger partial charge on any atom is 0.338 e. The predicted molar refractivity (Wildman–Crippen MR) is 81.8 cm³/mol. The summed E-state index contributed by atoms with van der Waals surface area (Å²) in [6, 6.07) is 9.55. The second-order valence-electron chi connectivity index (χ2n) is 4.26. The number of amides is 1. The van der Waals surface area contributed by atoms with Crippen molar-refractivity contribution in [1.29, 1.82) is 0 Å². The van der Waals surface area contributed by atoms with E-state index in [1.54, 1.807) is 6.07 Å². The van der Waals surface area contributed by atoms with Crippen molar-refractivity contribution in [3.8, 4) is 0 Å². The Kier molecular flexibility index (Phi) is 5.35. The summed E-state index contributed by atoms with van der Waals surface area (Å²) in [5.74, 6) is -1.95. The van der Waals surface area contributed by atoms with Crippen LogP contribution in [-0.4, -0.2) is 18.5 Å². The molecule has 0 unspecified atom stereocenters. The maximum absolute atomic E-state index is 13.0. The van der Waals surface area contributed by atoms with E-state index in [9.17, 15) is 14.0 Å². The average Bonchev–Trinajstić information content (AvgIpc) is 2.48. The van der Waals surface area contributed by atoms with Gasteiger partial charge in [0, 0.05) is 5.02 Å². The van der Waals surface area contributed by atoms with Gasteiger partial charge in [0.2, 0.25) is 0 Å². The number of hydrogen-bond donors (Lipinski definition) is 1. The quantitative estimate of drug-likeness (QED) is 0.857. The first-order valence-corrected chi connectivity index (χ1v) is 6.89. The van der Waals surface area contributed by atoms with E-state index in [1.165, 1.54) is 30.3 Å². The van der Waals surface area contributed by atoms with Gasteiger partial charge >= 0.3 is 5.97 Å². The topological polar surface area (TPSA) is 55.4 Å². The van der Waals surface area contributed by atoms with Crippen LogP contribution in [0.4, 0.5) is 10.1 Å². The van der Waals surface area contributed by atoms with Crippen LogP contribution < -0.4 is 5.32 Å². The fourth-order valence-corrected chi connectivity index (χ4v) is 1.95. The van der Waals surface area contributed by atoms with Crippen molar-refractivity contribution in [2.45, 2.75) is 0 Å². The molecular formula is C15H10Cl2FNO3. The highest BCUT2D eigenvalue weighted by atomic mass is 35.5. The minimum absolute atomic E-state index is 0.0218. The van der Waals surface area contributed by atoms with E-state index in [0.29, 0.717) is 15.7 Å². The Bertz CT molecular complexity index is 722. The number of hydrogen-bond acceptors (Lipinski definition) is 3. The van der Waals surface area contributed by atoms with Crippen LogP contribution in [-0.2, 0) is 9.53 Å². The summed E-state index contributed by atoms with van der Waals surface area (Å²) in [5.41, 5.74) is 0.328. The number of carbonyl (C=O) groups is 2. The highest BCUT2D eigenvalue weighted by Crippen LogP contribution is 2.25. The van der Waals surface area contributed by atoms with E-state index in [1.807, 2.05) is 0 Å². The molecule has 0 saturated carbocycles. The smallest absolute Gasteiger partial charge is 0.338 e. The third kappa shape index (κ3) is 4.44. The summed E-state index contributed by atoms with van der Waals surface area (Å²) in [6.45, 7) is -0.530. The normalized spacial score (nSPS) is 10.1.